The Bertz CT molecular complexity index is 769. The van der Waals surface area contributed by atoms with Crippen molar-refractivity contribution in [3.8, 4) is 0 Å². The van der Waals surface area contributed by atoms with Crippen LogP contribution in [0.25, 0.3) is 0 Å². The fourth-order valence-corrected chi connectivity index (χ4v) is 4.45. The van der Waals surface area contributed by atoms with Gasteiger partial charge in [-0.1, -0.05) is 30.3 Å². The van der Waals surface area contributed by atoms with Gasteiger partial charge in [0, 0.05) is 44.9 Å². The Balaban J connectivity index is 0.00000140. The maximum absolute atomic E-state index is 13.2. The average Bonchev–Trinajstić information content (AvgIpc) is 3.29. The molecule has 3 atom stereocenters. The molecular formula is C20H29Cl2N5O. The first-order chi connectivity index (χ1) is 12.7. The van der Waals surface area contributed by atoms with E-state index in [4.69, 9.17) is 5.73 Å². The molecule has 2 aliphatic rings. The zero-order valence-corrected chi connectivity index (χ0v) is 17.7. The van der Waals surface area contributed by atoms with Gasteiger partial charge in [-0.05, 0) is 30.9 Å². The summed E-state index contributed by atoms with van der Waals surface area (Å²) in [6, 6.07) is 12.4. The predicted molar refractivity (Wildman–Crippen MR) is 116 cm³/mol. The van der Waals surface area contributed by atoms with E-state index in [0.29, 0.717) is 18.4 Å². The Morgan fingerprint density at radius 2 is 1.89 bits per heavy atom. The quantitative estimate of drug-likeness (QED) is 0.816. The van der Waals surface area contributed by atoms with Gasteiger partial charge in [0.25, 0.3) is 0 Å². The van der Waals surface area contributed by atoms with Gasteiger partial charge in [-0.15, -0.1) is 24.8 Å². The van der Waals surface area contributed by atoms with Crippen molar-refractivity contribution < 1.29 is 4.79 Å². The molecule has 2 N–H and O–H groups in total. The van der Waals surface area contributed by atoms with Crippen LogP contribution >= 0.6 is 24.8 Å². The van der Waals surface area contributed by atoms with Gasteiger partial charge >= 0.3 is 0 Å². The normalized spacial score (nSPS) is 25.3. The summed E-state index contributed by atoms with van der Waals surface area (Å²) in [6.07, 6.45) is 3.81. The zero-order chi connectivity index (χ0) is 18.1. The number of piperidine rings is 1. The van der Waals surface area contributed by atoms with Crippen molar-refractivity contribution >= 4 is 36.5 Å². The third-order valence-electron chi connectivity index (χ3n) is 5.83. The molecule has 0 spiro atoms. The summed E-state index contributed by atoms with van der Waals surface area (Å²) in [4.78, 5) is 17.4. The number of carbonyl (C=O) groups is 1. The van der Waals surface area contributed by atoms with Gasteiger partial charge < -0.3 is 5.73 Å². The largest absolute Gasteiger partial charge is 0.330 e. The number of hydrogen-bond donors (Lipinski definition) is 1. The average molecular weight is 426 g/mol. The van der Waals surface area contributed by atoms with Gasteiger partial charge in [-0.2, -0.15) is 5.10 Å². The first kappa shape index (κ1) is 22.7. The minimum atomic E-state index is -0.0616. The molecule has 0 aliphatic carbocycles. The first-order valence-electron chi connectivity index (χ1n) is 9.47. The standard InChI is InChI=1S/C20H27N5O.2ClH/c1-23-11-9-19(22-23)25-10-5-8-18(20(25)26)24-13-16(12-21)17(14-24)15-6-3-2-4-7-15;;/h2-4,6-7,9,11,16-18H,5,8,10,12-14,21H2,1H3;2*1H/t16-,17+,18?;;/m1../s1. The lowest BCUT2D eigenvalue weighted by Crippen LogP contribution is -2.52. The topological polar surface area (TPSA) is 67.4 Å². The Kier molecular flexibility index (Phi) is 7.89. The van der Waals surface area contributed by atoms with Crippen molar-refractivity contribution in [1.82, 2.24) is 14.7 Å². The Labute approximate surface area is 178 Å². The molecule has 4 rings (SSSR count). The number of halogens is 2. The minimum absolute atomic E-state index is 0. The Morgan fingerprint density at radius 1 is 1.14 bits per heavy atom. The van der Waals surface area contributed by atoms with E-state index in [1.165, 1.54) is 5.56 Å². The molecule has 2 aliphatic heterocycles. The van der Waals surface area contributed by atoms with E-state index >= 15 is 0 Å². The van der Waals surface area contributed by atoms with E-state index in [1.54, 1.807) is 4.68 Å². The summed E-state index contributed by atoms with van der Waals surface area (Å²) >= 11 is 0. The van der Waals surface area contributed by atoms with Crippen LogP contribution in [-0.2, 0) is 11.8 Å². The maximum Gasteiger partial charge on any atom is 0.245 e. The summed E-state index contributed by atoms with van der Waals surface area (Å²) in [6.45, 7) is 3.20. The van der Waals surface area contributed by atoms with E-state index in [2.05, 4.69) is 34.3 Å². The highest BCUT2D eigenvalue weighted by atomic mass is 35.5. The lowest BCUT2D eigenvalue weighted by Gasteiger charge is -2.36. The minimum Gasteiger partial charge on any atom is -0.330 e. The summed E-state index contributed by atoms with van der Waals surface area (Å²) in [5.41, 5.74) is 7.40. The van der Waals surface area contributed by atoms with Gasteiger partial charge in [0.05, 0.1) is 6.04 Å². The molecule has 0 radical (unpaired) electrons. The fraction of sp³-hybridized carbons (Fsp3) is 0.500. The summed E-state index contributed by atoms with van der Waals surface area (Å²) in [7, 11) is 1.88. The molecule has 0 bridgehead atoms. The van der Waals surface area contributed by atoms with Gasteiger partial charge in [-0.25, -0.2) is 0 Å². The molecule has 8 heteroatoms. The van der Waals surface area contributed by atoms with Crippen LogP contribution in [0.4, 0.5) is 5.82 Å². The van der Waals surface area contributed by atoms with Crippen LogP contribution in [0.5, 0.6) is 0 Å². The number of aromatic nitrogens is 2. The zero-order valence-electron chi connectivity index (χ0n) is 16.1. The van der Waals surface area contributed by atoms with Gasteiger partial charge in [0.2, 0.25) is 5.91 Å². The number of aryl methyl sites for hydroxylation is 1. The Hall–Kier alpha value is -1.60. The number of anilines is 1. The lowest BCUT2D eigenvalue weighted by atomic mass is 9.89. The van der Waals surface area contributed by atoms with Crippen molar-refractivity contribution in [2.75, 3.05) is 31.1 Å². The number of nitrogens with two attached hydrogens (primary N) is 1. The number of benzene rings is 1. The molecule has 2 fully saturated rings. The molecule has 2 aromatic rings. The molecule has 1 amide bonds. The molecule has 1 unspecified atom stereocenters. The van der Waals surface area contributed by atoms with Gasteiger partial charge in [0.1, 0.15) is 0 Å². The second-order valence-electron chi connectivity index (χ2n) is 7.46. The molecule has 6 nitrogen and oxygen atoms in total. The maximum atomic E-state index is 13.2. The lowest BCUT2D eigenvalue weighted by molar-refractivity contribution is -0.125. The first-order valence-corrected chi connectivity index (χ1v) is 9.47. The highest BCUT2D eigenvalue weighted by molar-refractivity contribution is 5.97. The molecular weight excluding hydrogens is 397 g/mol. The van der Waals surface area contributed by atoms with E-state index in [0.717, 1.165) is 38.3 Å². The molecule has 2 saturated heterocycles. The van der Waals surface area contributed by atoms with Crippen LogP contribution in [0.15, 0.2) is 42.6 Å². The summed E-state index contributed by atoms with van der Waals surface area (Å²) in [5.74, 6) is 1.74. The summed E-state index contributed by atoms with van der Waals surface area (Å²) in [5, 5.41) is 4.42. The van der Waals surface area contributed by atoms with Crippen molar-refractivity contribution in [3.63, 3.8) is 0 Å². The van der Waals surface area contributed by atoms with E-state index in [-0.39, 0.29) is 36.8 Å². The molecule has 3 heterocycles. The van der Waals surface area contributed by atoms with E-state index in [1.807, 2.05) is 30.3 Å². The highest BCUT2D eigenvalue weighted by Gasteiger charge is 2.41. The Morgan fingerprint density at radius 3 is 2.54 bits per heavy atom. The third kappa shape index (κ3) is 4.35. The number of rotatable bonds is 4. The van der Waals surface area contributed by atoms with Crippen molar-refractivity contribution in [1.29, 1.82) is 0 Å². The van der Waals surface area contributed by atoms with Gasteiger partial charge in [0.15, 0.2) is 5.82 Å². The number of hydrogen-bond acceptors (Lipinski definition) is 4. The second-order valence-corrected chi connectivity index (χ2v) is 7.46. The monoisotopic (exact) mass is 425 g/mol. The predicted octanol–water partition coefficient (Wildman–Crippen LogP) is 2.43. The second kappa shape index (κ2) is 9.74. The van der Waals surface area contributed by atoms with Crippen LogP contribution in [0.2, 0.25) is 0 Å². The van der Waals surface area contributed by atoms with Crippen molar-refractivity contribution in [3.05, 3.63) is 48.2 Å². The van der Waals surface area contributed by atoms with Crippen molar-refractivity contribution in [2.45, 2.75) is 24.8 Å². The highest BCUT2D eigenvalue weighted by Crippen LogP contribution is 2.35. The van der Waals surface area contributed by atoms with Crippen LogP contribution in [0, 0.1) is 5.92 Å². The summed E-state index contributed by atoms with van der Waals surface area (Å²) < 4.78 is 1.75. The molecule has 1 aromatic carbocycles. The third-order valence-corrected chi connectivity index (χ3v) is 5.83. The SMILES string of the molecule is Cl.Cl.Cn1ccc(N2CCCC(N3C[C@@H](CN)[C@H](c4ccccc4)C3)C2=O)n1. The van der Waals surface area contributed by atoms with Crippen LogP contribution < -0.4 is 10.6 Å². The van der Waals surface area contributed by atoms with Gasteiger partial charge in [-0.3, -0.25) is 19.3 Å². The van der Waals surface area contributed by atoms with Crippen molar-refractivity contribution in [2.24, 2.45) is 18.7 Å². The number of likely N-dealkylation sites (tertiary alicyclic amines) is 1. The van der Waals surface area contributed by atoms with Crippen LogP contribution in [0.3, 0.4) is 0 Å². The smallest absolute Gasteiger partial charge is 0.245 e. The number of amides is 1. The molecule has 154 valence electrons. The van der Waals surface area contributed by atoms with Crippen LogP contribution in [0.1, 0.15) is 24.3 Å². The van der Waals surface area contributed by atoms with Crippen LogP contribution in [-0.4, -0.2) is 52.8 Å². The van der Waals surface area contributed by atoms with E-state index < -0.39 is 0 Å². The number of nitrogens with zero attached hydrogens (tertiary/aromatic N) is 4. The fourth-order valence-electron chi connectivity index (χ4n) is 4.45. The van der Waals surface area contributed by atoms with E-state index in [9.17, 15) is 4.79 Å². The molecule has 0 saturated carbocycles. The molecule has 28 heavy (non-hydrogen) atoms. The molecule has 1 aromatic heterocycles. The number of carbonyl (C=O) groups excluding carboxylic acids is 1.